The van der Waals surface area contributed by atoms with Crippen molar-refractivity contribution in [3.05, 3.63) is 56.9 Å². The summed E-state index contributed by atoms with van der Waals surface area (Å²) in [5.74, 6) is 0.150. The fourth-order valence-electron chi connectivity index (χ4n) is 2.81. The van der Waals surface area contributed by atoms with Crippen molar-refractivity contribution in [1.82, 2.24) is 19.6 Å². The highest BCUT2D eigenvalue weighted by atomic mass is 16.6. The molecule has 0 saturated heterocycles. The maximum Gasteiger partial charge on any atom is 0.306 e. The van der Waals surface area contributed by atoms with E-state index < -0.39 is 10.9 Å². The molecule has 0 atom stereocenters. The van der Waals surface area contributed by atoms with Crippen LogP contribution in [0.15, 0.2) is 24.3 Å². The summed E-state index contributed by atoms with van der Waals surface area (Å²) in [7, 11) is 0. The molecule has 2 heterocycles. The molecule has 0 aliphatic carbocycles. The largest absolute Gasteiger partial charge is 0.461 e. The van der Waals surface area contributed by atoms with Crippen molar-refractivity contribution in [2.75, 3.05) is 5.73 Å². The number of nitrogens with zero attached hydrogens (tertiary/aromatic N) is 5. The van der Waals surface area contributed by atoms with Crippen LogP contribution in [0.1, 0.15) is 28.9 Å². The van der Waals surface area contributed by atoms with Crippen molar-refractivity contribution >= 4 is 23.4 Å². The van der Waals surface area contributed by atoms with Gasteiger partial charge in [0, 0.05) is 29.9 Å². The number of nitrogens with two attached hydrogens (primary N) is 1. The molecule has 0 aliphatic heterocycles. The maximum absolute atomic E-state index is 12.1. The summed E-state index contributed by atoms with van der Waals surface area (Å²) in [5.41, 5.74) is 8.56. The van der Waals surface area contributed by atoms with Gasteiger partial charge in [0.1, 0.15) is 6.61 Å². The number of rotatable bonds is 6. The number of hydrogen-bond acceptors (Lipinski definition) is 8. The minimum Gasteiger partial charge on any atom is -0.461 e. The number of benzene rings is 1. The first kappa shape index (κ1) is 18.2. The molecule has 0 bridgehead atoms. The number of carbonyl (C=O) groups is 1. The van der Waals surface area contributed by atoms with Gasteiger partial charge in [-0.3, -0.25) is 14.9 Å². The van der Waals surface area contributed by atoms with Gasteiger partial charge in [-0.05, 0) is 31.4 Å². The zero-order valence-electron chi connectivity index (χ0n) is 14.9. The molecule has 0 unspecified atom stereocenters. The van der Waals surface area contributed by atoms with E-state index in [-0.39, 0.29) is 24.7 Å². The second kappa shape index (κ2) is 7.36. The van der Waals surface area contributed by atoms with Gasteiger partial charge in [-0.15, -0.1) is 5.10 Å². The Morgan fingerprint density at radius 1 is 1.33 bits per heavy atom. The summed E-state index contributed by atoms with van der Waals surface area (Å²) < 4.78 is 6.77. The summed E-state index contributed by atoms with van der Waals surface area (Å²) in [6.45, 7) is 3.68. The quantitative estimate of drug-likeness (QED) is 0.394. The molecule has 0 saturated carbocycles. The molecule has 10 nitrogen and oxygen atoms in total. The molecule has 10 heteroatoms. The Hall–Kier alpha value is -3.56. The molecule has 3 rings (SSSR count). The van der Waals surface area contributed by atoms with Gasteiger partial charge in [0.15, 0.2) is 0 Å². The van der Waals surface area contributed by atoms with Crippen LogP contribution < -0.4 is 5.73 Å². The summed E-state index contributed by atoms with van der Waals surface area (Å²) in [4.78, 5) is 30.7. The predicted octanol–water partition coefficient (Wildman–Crippen LogP) is 1.91. The lowest BCUT2D eigenvalue weighted by atomic mass is 10.1. The van der Waals surface area contributed by atoms with E-state index in [0.717, 1.165) is 17.0 Å². The molecule has 0 amide bonds. The highest BCUT2D eigenvalue weighted by Crippen LogP contribution is 2.17. The Labute approximate surface area is 154 Å². The highest BCUT2D eigenvalue weighted by Gasteiger charge is 2.14. The summed E-state index contributed by atoms with van der Waals surface area (Å²) in [6.07, 6.45) is 0.572. The lowest BCUT2D eigenvalue weighted by molar-refractivity contribution is -0.384. The topological polar surface area (TPSA) is 139 Å². The molecule has 1 aromatic carbocycles. The van der Waals surface area contributed by atoms with E-state index in [2.05, 4.69) is 15.1 Å². The number of aromatic nitrogens is 4. The van der Waals surface area contributed by atoms with Crippen LogP contribution >= 0.6 is 0 Å². The summed E-state index contributed by atoms with van der Waals surface area (Å²) in [5, 5.41) is 14.9. The minimum absolute atomic E-state index is 0.0185. The number of nitrogen functional groups attached to an aromatic ring is 1. The lowest BCUT2D eigenvalue weighted by Gasteiger charge is -2.10. The number of carbonyl (C=O) groups excluding carboxylic acids is 1. The van der Waals surface area contributed by atoms with Gasteiger partial charge < -0.3 is 10.5 Å². The van der Waals surface area contributed by atoms with Crippen molar-refractivity contribution < 1.29 is 14.5 Å². The number of esters is 1. The third kappa shape index (κ3) is 4.00. The van der Waals surface area contributed by atoms with Gasteiger partial charge >= 0.3 is 5.97 Å². The van der Waals surface area contributed by atoms with Crippen LogP contribution in [0.2, 0.25) is 0 Å². The molecule has 27 heavy (non-hydrogen) atoms. The molecule has 3 aromatic rings. The van der Waals surface area contributed by atoms with Gasteiger partial charge in [-0.1, -0.05) is 12.1 Å². The Morgan fingerprint density at radius 2 is 2.11 bits per heavy atom. The van der Waals surface area contributed by atoms with Crippen molar-refractivity contribution in [2.24, 2.45) is 0 Å². The molecule has 2 N–H and O–H groups in total. The molecule has 0 aliphatic rings. The zero-order valence-corrected chi connectivity index (χ0v) is 14.9. The average Bonchev–Trinajstić information content (AvgIpc) is 3.00. The first-order valence-electron chi connectivity index (χ1n) is 8.22. The molecule has 0 spiro atoms. The van der Waals surface area contributed by atoms with E-state index >= 15 is 0 Å². The number of aryl methyl sites for hydroxylation is 2. The number of anilines is 1. The van der Waals surface area contributed by atoms with E-state index in [1.807, 2.05) is 13.8 Å². The van der Waals surface area contributed by atoms with Crippen LogP contribution in [0.25, 0.3) is 5.78 Å². The third-order valence-corrected chi connectivity index (χ3v) is 4.17. The second-order valence-electron chi connectivity index (χ2n) is 6.03. The van der Waals surface area contributed by atoms with Crippen molar-refractivity contribution in [3.63, 3.8) is 0 Å². The summed E-state index contributed by atoms with van der Waals surface area (Å²) in [6, 6.07) is 5.99. The number of nitro groups is 1. The van der Waals surface area contributed by atoms with Gasteiger partial charge in [-0.25, -0.2) is 4.98 Å². The zero-order chi connectivity index (χ0) is 19.6. The first-order valence-corrected chi connectivity index (χ1v) is 8.22. The number of ether oxygens (including phenoxy) is 1. The molecule has 0 fully saturated rings. The Morgan fingerprint density at radius 3 is 2.85 bits per heavy atom. The predicted molar refractivity (Wildman–Crippen MR) is 95.9 cm³/mol. The second-order valence-corrected chi connectivity index (χ2v) is 6.03. The van der Waals surface area contributed by atoms with Crippen molar-refractivity contribution in [3.8, 4) is 0 Å². The van der Waals surface area contributed by atoms with E-state index in [0.29, 0.717) is 17.8 Å². The molecule has 2 aromatic heterocycles. The van der Waals surface area contributed by atoms with Gasteiger partial charge in [0.05, 0.1) is 4.92 Å². The number of nitro benzene ring substituents is 1. The number of hydrogen-bond donors (Lipinski definition) is 1. The van der Waals surface area contributed by atoms with Crippen molar-refractivity contribution in [1.29, 1.82) is 0 Å². The van der Waals surface area contributed by atoms with Crippen LogP contribution in [0.5, 0.6) is 0 Å². The van der Waals surface area contributed by atoms with Crippen LogP contribution in [-0.2, 0) is 22.6 Å². The summed E-state index contributed by atoms with van der Waals surface area (Å²) >= 11 is 0. The molecular formula is C17H18N6O4. The van der Waals surface area contributed by atoms with Crippen LogP contribution in [0.4, 0.5) is 11.6 Å². The molecule has 0 radical (unpaired) electrons. The normalized spacial score (nSPS) is 10.9. The van der Waals surface area contributed by atoms with E-state index in [9.17, 15) is 14.9 Å². The highest BCUT2D eigenvalue weighted by molar-refractivity contribution is 5.70. The molecule has 140 valence electrons. The standard InChI is InChI=1S/C17H18N6O4/c1-10-14(11(2)22-17(19-10)20-16(18)21-22)6-7-15(24)27-9-12-4-3-5-13(8-12)23(25)26/h3-5,8H,6-7,9H2,1-2H3,(H2,18,21). The van der Waals surface area contributed by atoms with E-state index in [1.165, 1.54) is 12.1 Å². The fourth-order valence-corrected chi connectivity index (χ4v) is 2.81. The Kier molecular flexibility index (Phi) is 4.97. The SMILES string of the molecule is Cc1nc2nc(N)nn2c(C)c1CCC(=O)OCc1cccc([N+](=O)[O-])c1. The van der Waals surface area contributed by atoms with Gasteiger partial charge in [0.2, 0.25) is 5.95 Å². The molecular weight excluding hydrogens is 352 g/mol. The average molecular weight is 370 g/mol. The number of non-ortho nitro benzene ring substituents is 1. The van der Waals surface area contributed by atoms with Crippen LogP contribution in [0, 0.1) is 24.0 Å². The van der Waals surface area contributed by atoms with Crippen molar-refractivity contribution in [2.45, 2.75) is 33.3 Å². The van der Waals surface area contributed by atoms with Crippen LogP contribution in [0.3, 0.4) is 0 Å². The Bertz CT molecular complexity index is 1030. The first-order chi connectivity index (χ1) is 12.8. The number of fused-ring (bicyclic) bond motifs is 1. The van der Waals surface area contributed by atoms with Crippen LogP contribution in [-0.4, -0.2) is 30.5 Å². The van der Waals surface area contributed by atoms with E-state index in [1.54, 1.807) is 16.6 Å². The Balaban J connectivity index is 1.63. The third-order valence-electron chi connectivity index (χ3n) is 4.17. The maximum atomic E-state index is 12.1. The van der Waals surface area contributed by atoms with E-state index in [4.69, 9.17) is 10.5 Å². The minimum atomic E-state index is -0.489. The monoisotopic (exact) mass is 370 g/mol. The lowest BCUT2D eigenvalue weighted by Crippen LogP contribution is -2.10. The van der Waals surface area contributed by atoms with Gasteiger partial charge in [-0.2, -0.15) is 9.50 Å². The van der Waals surface area contributed by atoms with Gasteiger partial charge in [0.25, 0.3) is 11.5 Å². The fraction of sp³-hybridized carbons (Fsp3) is 0.294. The smallest absolute Gasteiger partial charge is 0.306 e.